The lowest BCUT2D eigenvalue weighted by Crippen LogP contribution is -2.43. The smallest absolute Gasteiger partial charge is 0.317 e. The van der Waals surface area contributed by atoms with Crippen molar-refractivity contribution in [2.75, 3.05) is 20.1 Å². The normalized spacial score (nSPS) is 11.0. The molecular weight excluding hydrogens is 268 g/mol. The second-order valence-corrected chi connectivity index (χ2v) is 5.57. The Morgan fingerprint density at radius 1 is 1.19 bits per heavy atom. The van der Waals surface area contributed by atoms with Gasteiger partial charge in [-0.25, -0.2) is 0 Å². The topological polar surface area (TPSA) is 60.9 Å². The molecule has 1 aromatic carbocycles. The van der Waals surface area contributed by atoms with Crippen LogP contribution in [0.2, 0.25) is 0 Å². The third-order valence-electron chi connectivity index (χ3n) is 3.50. The molecule has 116 valence electrons. The minimum absolute atomic E-state index is 0.0110. The molecule has 1 rings (SSSR count). The predicted molar refractivity (Wildman–Crippen MR) is 82.0 cm³/mol. The highest BCUT2D eigenvalue weighted by atomic mass is 16.4. The molecule has 1 aromatic rings. The fourth-order valence-corrected chi connectivity index (χ4v) is 2.02. The van der Waals surface area contributed by atoms with Gasteiger partial charge in [-0.2, -0.15) is 0 Å². The summed E-state index contributed by atoms with van der Waals surface area (Å²) in [6.07, 6.45) is 0. The minimum atomic E-state index is -0.918. The minimum Gasteiger partial charge on any atom is -0.480 e. The first-order valence-electron chi connectivity index (χ1n) is 7.05. The van der Waals surface area contributed by atoms with E-state index in [9.17, 15) is 9.59 Å². The zero-order chi connectivity index (χ0) is 16.0. The molecule has 1 N–H and O–H groups in total. The largest absolute Gasteiger partial charge is 0.480 e. The summed E-state index contributed by atoms with van der Waals surface area (Å²) >= 11 is 0. The van der Waals surface area contributed by atoms with E-state index < -0.39 is 5.97 Å². The number of likely N-dealkylation sites (N-methyl/N-ethyl adjacent to an activating group) is 1. The summed E-state index contributed by atoms with van der Waals surface area (Å²) in [5, 5.41) is 8.89. The number of hydrogen-bond donors (Lipinski definition) is 1. The lowest BCUT2D eigenvalue weighted by atomic mass is 10.1. The number of aliphatic carboxylic acids is 1. The summed E-state index contributed by atoms with van der Waals surface area (Å²) in [4.78, 5) is 26.4. The van der Waals surface area contributed by atoms with E-state index in [0.29, 0.717) is 6.54 Å². The van der Waals surface area contributed by atoms with Crippen molar-refractivity contribution in [2.24, 2.45) is 0 Å². The summed E-state index contributed by atoms with van der Waals surface area (Å²) in [6, 6.07) is 7.94. The molecule has 0 bridgehead atoms. The van der Waals surface area contributed by atoms with Gasteiger partial charge in [-0.1, -0.05) is 24.3 Å². The maximum Gasteiger partial charge on any atom is 0.317 e. The Hall–Kier alpha value is -1.88. The Morgan fingerprint density at radius 2 is 1.81 bits per heavy atom. The van der Waals surface area contributed by atoms with Gasteiger partial charge in [-0.05, 0) is 31.9 Å². The molecule has 0 spiro atoms. The Balaban J connectivity index is 2.65. The average molecular weight is 292 g/mol. The number of carbonyl (C=O) groups is 2. The summed E-state index contributed by atoms with van der Waals surface area (Å²) in [7, 11) is 1.74. The molecule has 0 aliphatic rings. The van der Waals surface area contributed by atoms with Gasteiger partial charge in [0.2, 0.25) is 5.91 Å². The number of rotatable bonds is 7. The Morgan fingerprint density at radius 3 is 2.33 bits per heavy atom. The molecule has 0 saturated heterocycles. The van der Waals surface area contributed by atoms with Crippen LogP contribution in [0.4, 0.5) is 0 Å². The first-order valence-corrected chi connectivity index (χ1v) is 7.05. The molecule has 0 aliphatic heterocycles. The number of amides is 1. The zero-order valence-electron chi connectivity index (χ0n) is 13.2. The van der Waals surface area contributed by atoms with Gasteiger partial charge in [0.25, 0.3) is 0 Å². The van der Waals surface area contributed by atoms with Gasteiger partial charge in [0.15, 0.2) is 0 Å². The number of carbonyl (C=O) groups excluding carboxylic acids is 1. The van der Waals surface area contributed by atoms with E-state index in [2.05, 4.69) is 0 Å². The van der Waals surface area contributed by atoms with Gasteiger partial charge in [0.1, 0.15) is 0 Å². The summed E-state index contributed by atoms with van der Waals surface area (Å²) in [6.45, 7) is 6.31. The van der Waals surface area contributed by atoms with Crippen molar-refractivity contribution in [2.45, 2.75) is 33.4 Å². The van der Waals surface area contributed by atoms with Crippen LogP contribution in [0.15, 0.2) is 24.3 Å². The van der Waals surface area contributed by atoms with E-state index in [1.54, 1.807) is 16.8 Å². The van der Waals surface area contributed by atoms with Crippen molar-refractivity contribution < 1.29 is 14.7 Å². The highest BCUT2D eigenvalue weighted by molar-refractivity contribution is 5.79. The molecule has 0 aromatic heterocycles. The number of hydrogen-bond acceptors (Lipinski definition) is 3. The SMILES string of the molecule is Cc1ccccc1CN(C)C(=O)CN(CC(=O)O)C(C)C. The number of benzene rings is 1. The summed E-state index contributed by atoms with van der Waals surface area (Å²) in [5.74, 6) is -0.994. The van der Waals surface area contributed by atoms with E-state index >= 15 is 0 Å². The summed E-state index contributed by atoms with van der Waals surface area (Å²) in [5.41, 5.74) is 2.24. The fourth-order valence-electron chi connectivity index (χ4n) is 2.02. The van der Waals surface area contributed by atoms with Crippen LogP contribution < -0.4 is 0 Å². The maximum absolute atomic E-state index is 12.2. The van der Waals surface area contributed by atoms with Crippen molar-refractivity contribution in [3.8, 4) is 0 Å². The molecule has 0 heterocycles. The summed E-state index contributed by atoms with van der Waals surface area (Å²) < 4.78 is 0. The number of aryl methyl sites for hydroxylation is 1. The third kappa shape index (κ3) is 5.55. The van der Waals surface area contributed by atoms with Crippen molar-refractivity contribution in [1.29, 1.82) is 0 Å². The van der Waals surface area contributed by atoms with Crippen molar-refractivity contribution in [1.82, 2.24) is 9.80 Å². The maximum atomic E-state index is 12.2. The molecule has 0 fully saturated rings. The van der Waals surface area contributed by atoms with Crippen molar-refractivity contribution in [3.05, 3.63) is 35.4 Å². The van der Waals surface area contributed by atoms with Crippen LogP contribution in [0.5, 0.6) is 0 Å². The fraction of sp³-hybridized carbons (Fsp3) is 0.500. The van der Waals surface area contributed by atoms with Crippen LogP contribution >= 0.6 is 0 Å². The van der Waals surface area contributed by atoms with Gasteiger partial charge in [-0.3, -0.25) is 14.5 Å². The second kappa shape index (κ2) is 7.78. The monoisotopic (exact) mass is 292 g/mol. The first-order chi connectivity index (χ1) is 9.81. The van der Waals surface area contributed by atoms with Crippen LogP contribution in [-0.2, 0) is 16.1 Å². The average Bonchev–Trinajstić information content (AvgIpc) is 2.39. The standard InChI is InChI=1S/C16H24N2O3/c1-12(2)18(11-16(20)21)10-15(19)17(4)9-14-8-6-5-7-13(14)3/h5-8,12H,9-11H2,1-4H3,(H,20,21). The van der Waals surface area contributed by atoms with Crippen molar-refractivity contribution >= 4 is 11.9 Å². The zero-order valence-corrected chi connectivity index (χ0v) is 13.2. The van der Waals surface area contributed by atoms with Crippen LogP contribution in [0, 0.1) is 6.92 Å². The highest BCUT2D eigenvalue weighted by Crippen LogP contribution is 2.10. The predicted octanol–water partition coefficient (Wildman–Crippen LogP) is 1.75. The van der Waals surface area contributed by atoms with Crippen molar-refractivity contribution in [3.63, 3.8) is 0 Å². The molecule has 5 nitrogen and oxygen atoms in total. The van der Waals surface area contributed by atoms with Crippen LogP contribution in [0.25, 0.3) is 0 Å². The highest BCUT2D eigenvalue weighted by Gasteiger charge is 2.19. The molecule has 0 radical (unpaired) electrons. The van der Waals surface area contributed by atoms with E-state index in [4.69, 9.17) is 5.11 Å². The van der Waals surface area contributed by atoms with Gasteiger partial charge in [0, 0.05) is 19.6 Å². The van der Waals surface area contributed by atoms with Gasteiger partial charge in [0.05, 0.1) is 13.1 Å². The molecule has 0 saturated carbocycles. The van der Waals surface area contributed by atoms with Gasteiger partial charge in [-0.15, -0.1) is 0 Å². The lowest BCUT2D eigenvalue weighted by Gasteiger charge is -2.27. The molecule has 0 atom stereocenters. The third-order valence-corrected chi connectivity index (χ3v) is 3.50. The first kappa shape index (κ1) is 17.2. The van der Waals surface area contributed by atoms with E-state index in [1.165, 1.54) is 0 Å². The number of nitrogens with zero attached hydrogens (tertiary/aromatic N) is 2. The van der Waals surface area contributed by atoms with Crippen LogP contribution in [0.3, 0.4) is 0 Å². The molecule has 0 aliphatic carbocycles. The van der Waals surface area contributed by atoms with E-state index in [-0.39, 0.29) is 25.0 Å². The Bertz CT molecular complexity index is 500. The molecule has 5 heteroatoms. The Kier molecular flexibility index (Phi) is 6.37. The van der Waals surface area contributed by atoms with E-state index in [1.807, 2.05) is 45.0 Å². The molecule has 1 amide bonds. The van der Waals surface area contributed by atoms with Gasteiger partial charge < -0.3 is 10.0 Å². The Labute approximate surface area is 126 Å². The molecule has 0 unspecified atom stereocenters. The second-order valence-electron chi connectivity index (χ2n) is 5.57. The number of carboxylic acids is 1. The quantitative estimate of drug-likeness (QED) is 0.831. The molecular formula is C16H24N2O3. The number of carboxylic acid groups (broad SMARTS) is 1. The van der Waals surface area contributed by atoms with E-state index in [0.717, 1.165) is 11.1 Å². The lowest BCUT2D eigenvalue weighted by molar-refractivity contribution is -0.140. The van der Waals surface area contributed by atoms with Gasteiger partial charge >= 0.3 is 5.97 Å². The van der Waals surface area contributed by atoms with Crippen LogP contribution in [0.1, 0.15) is 25.0 Å². The van der Waals surface area contributed by atoms with Crippen LogP contribution in [-0.4, -0.2) is 53.0 Å². The molecule has 21 heavy (non-hydrogen) atoms.